The summed E-state index contributed by atoms with van der Waals surface area (Å²) in [5.41, 5.74) is 36.9. The number of hydrogen-bond acceptors (Lipinski definition) is 0. The van der Waals surface area contributed by atoms with Crippen LogP contribution >= 0.6 is 0 Å². The Morgan fingerprint density at radius 1 is 0.202 bits per heavy atom. The van der Waals surface area contributed by atoms with Crippen LogP contribution in [0.2, 0.25) is 0 Å². The van der Waals surface area contributed by atoms with E-state index in [1.165, 1.54) is 119 Å². The summed E-state index contributed by atoms with van der Waals surface area (Å²) in [5.74, 6) is 0. The second kappa shape index (κ2) is 31.5. The molecule has 0 amide bonds. The Labute approximate surface area is 646 Å². The Hall–Kier alpha value is -9.99. The van der Waals surface area contributed by atoms with Crippen molar-refractivity contribution >= 4 is 0 Å². The van der Waals surface area contributed by atoms with Crippen LogP contribution in [-0.4, -0.2) is 0 Å². The molecule has 0 aliphatic heterocycles. The quantitative estimate of drug-likeness (QED) is 0.136. The molecule has 12 aromatic rings. The second-order valence-electron chi connectivity index (χ2n) is 29.4. The predicted molar refractivity (Wildman–Crippen MR) is 429 cm³/mol. The first kappa shape index (κ1) is 59.4. The van der Waals surface area contributed by atoms with Crippen molar-refractivity contribution in [3.63, 3.8) is 0 Å². The number of nitrogens with zero attached hydrogens (tertiary/aromatic N) is 9. The minimum Gasteiger partial charge on any atom is -0.201 e. The van der Waals surface area contributed by atoms with Gasteiger partial charge in [0.15, 0.2) is 49.6 Å². The number of aromatic nitrogens is 9. The van der Waals surface area contributed by atoms with Gasteiger partial charge in [0.1, 0.15) is 63.4 Å². The van der Waals surface area contributed by atoms with Crippen LogP contribution in [0.4, 0.5) is 0 Å². The predicted octanol–water partition coefficient (Wildman–Crippen LogP) is 16.6. The van der Waals surface area contributed by atoms with Crippen LogP contribution in [0.25, 0.3) is 90.3 Å². The number of pyridine rings is 9. The molecular weight excluding hydrogens is 1270 g/mol. The molecule has 536 valence electrons. The van der Waals surface area contributed by atoms with Crippen LogP contribution in [0.5, 0.6) is 0 Å². The van der Waals surface area contributed by atoms with Gasteiger partial charge in [-0.3, -0.25) is 0 Å². The van der Waals surface area contributed by atoms with Crippen molar-refractivity contribution in [2.75, 3.05) is 0 Å². The zero-order valence-electron chi connectivity index (χ0n) is 81.9. The maximum atomic E-state index is 8.20. The van der Waals surface area contributed by atoms with Crippen molar-refractivity contribution in [3.8, 4) is 90.3 Å². The zero-order valence-corrected chi connectivity index (χ0v) is 66.9. The maximum absolute atomic E-state index is 8.20. The lowest BCUT2D eigenvalue weighted by Gasteiger charge is -2.16. The fourth-order valence-electron chi connectivity index (χ4n) is 15.2. The number of rotatable bonds is 8. The Kier molecular flexibility index (Phi) is 18.0. The van der Waals surface area contributed by atoms with Crippen LogP contribution in [-0.2, 0) is 63.4 Å². The molecule has 104 heavy (non-hydrogen) atoms. The molecule has 9 heterocycles. The monoisotopic (exact) mass is 1400 g/mol. The minimum atomic E-state index is -2.43. The molecule has 0 fully saturated rings. The molecule has 0 saturated heterocycles. The van der Waals surface area contributed by atoms with Gasteiger partial charge in [0, 0.05) is 126 Å². The topological polar surface area (TPSA) is 34.9 Å². The lowest BCUT2D eigenvalue weighted by Crippen LogP contribution is -2.44. The fourth-order valence-corrected chi connectivity index (χ4v) is 15.2. The van der Waals surface area contributed by atoms with Crippen LogP contribution in [0.1, 0.15) is 149 Å². The smallest absolute Gasteiger partial charge is 0.201 e. The van der Waals surface area contributed by atoms with Gasteiger partial charge in [-0.2, -0.15) is 13.7 Å². The molecule has 0 unspecified atom stereocenters. The van der Waals surface area contributed by atoms with Gasteiger partial charge in [-0.05, 0) is 261 Å². The van der Waals surface area contributed by atoms with Gasteiger partial charge < -0.3 is 0 Å². The SMILES string of the molecule is Cc1cc[n+](C)c(-c2c(C)cc(C)c(-c3cc(C)c(C)c[n+]3C)c2C)c1.Cc1ccc(-c2c(C)cc(C)c(-c3cc(C)c(C)c[n+]3C)[n+]2C)[n+](C)c1.[2H]C([2H])([2H])c1c[n+](C)c(-c2c(C)cc(C([2H])([2H])[2H])c(-c3ccc(C)c[n+]3C)c2C)cc1C.[2H]C([2H])([2H])c1cc[n+](C)c(-c2c(C([2H])([2H])[2H])cc(C)c(-c3cc(C)c(C([2H])([2H])[2H])c[n+]3C)c2C)c1. The first-order valence-corrected chi connectivity index (χ1v) is 35.6. The van der Waals surface area contributed by atoms with Gasteiger partial charge in [0.2, 0.25) is 34.2 Å². The van der Waals surface area contributed by atoms with Crippen LogP contribution in [0.15, 0.2) is 147 Å². The number of hydrogen-bond donors (Lipinski definition) is 0. The van der Waals surface area contributed by atoms with E-state index in [1.54, 1.807) is 73.9 Å². The minimum absolute atomic E-state index is 0.118. The summed E-state index contributed by atoms with van der Waals surface area (Å²) in [5, 5.41) is 0. The molecule has 0 N–H and O–H groups in total. The Balaban J connectivity index is 0.000000182. The highest BCUT2D eigenvalue weighted by Gasteiger charge is 2.33. The van der Waals surface area contributed by atoms with E-state index in [2.05, 4.69) is 208 Å². The van der Waals surface area contributed by atoms with Crippen molar-refractivity contribution in [2.45, 2.75) is 159 Å². The van der Waals surface area contributed by atoms with Crippen molar-refractivity contribution < 1.29 is 61.7 Å². The second-order valence-corrected chi connectivity index (χ2v) is 29.4. The lowest BCUT2D eigenvalue weighted by atomic mass is 9.88. The third-order valence-electron chi connectivity index (χ3n) is 20.9. The van der Waals surface area contributed by atoms with E-state index >= 15 is 0 Å². The molecular formula is C95H120N9+9. The average Bonchev–Trinajstić information content (AvgIpc) is 0.752. The fraction of sp³-hybridized carbons (Fsp3) is 0.337. The van der Waals surface area contributed by atoms with E-state index in [4.69, 9.17) is 20.6 Å². The van der Waals surface area contributed by atoms with Gasteiger partial charge in [-0.25, -0.2) is 27.4 Å². The van der Waals surface area contributed by atoms with E-state index in [1.807, 2.05) is 82.2 Å². The van der Waals surface area contributed by atoms with Gasteiger partial charge in [0.25, 0.3) is 22.8 Å². The van der Waals surface area contributed by atoms with Gasteiger partial charge in [0.05, 0.1) is 33.4 Å². The van der Waals surface area contributed by atoms with Crippen molar-refractivity contribution in [2.24, 2.45) is 63.4 Å². The van der Waals surface area contributed by atoms with Gasteiger partial charge >= 0.3 is 0 Å². The molecule has 0 spiro atoms. The number of benzene rings is 3. The molecule has 0 atom stereocenters. The summed E-state index contributed by atoms with van der Waals surface area (Å²) < 4.78 is 138. The van der Waals surface area contributed by atoms with Gasteiger partial charge in [-0.1, -0.05) is 18.2 Å². The first-order chi connectivity index (χ1) is 54.9. The first-order valence-electron chi connectivity index (χ1n) is 43.1. The van der Waals surface area contributed by atoms with Crippen molar-refractivity contribution in [1.82, 2.24) is 0 Å². The normalized spacial score (nSPS) is 13.8. The summed E-state index contributed by atoms with van der Waals surface area (Å²) >= 11 is 0. The molecule has 0 saturated carbocycles. The Bertz CT molecular complexity index is 6000. The number of aryl methyl sites for hydroxylation is 28. The summed E-state index contributed by atoms with van der Waals surface area (Å²) in [6.45, 7) is 25.7. The molecule has 9 nitrogen and oxygen atoms in total. The Morgan fingerprint density at radius 2 is 0.490 bits per heavy atom. The summed E-state index contributed by atoms with van der Waals surface area (Å²) in [6.07, 6.45) is 15.6. The van der Waals surface area contributed by atoms with Crippen LogP contribution in [0.3, 0.4) is 0 Å². The maximum Gasteiger partial charge on any atom is 0.280 e. The molecule has 9 aromatic heterocycles. The van der Waals surface area contributed by atoms with E-state index in [0.717, 1.165) is 50.5 Å². The zero-order chi connectivity index (χ0) is 89.2. The summed E-state index contributed by atoms with van der Waals surface area (Å²) in [7, 11) is 18.0. The van der Waals surface area contributed by atoms with E-state index in [0.29, 0.717) is 44.6 Å². The van der Waals surface area contributed by atoms with E-state index in [-0.39, 0.29) is 16.7 Å². The molecule has 0 radical (unpaired) electrons. The van der Waals surface area contributed by atoms with Crippen LogP contribution < -0.4 is 41.1 Å². The van der Waals surface area contributed by atoms with Gasteiger partial charge in [-0.15, -0.1) is 0 Å². The molecule has 0 aliphatic rings. The third kappa shape index (κ3) is 16.0. The van der Waals surface area contributed by atoms with Crippen molar-refractivity contribution in [1.29, 1.82) is 0 Å². The third-order valence-corrected chi connectivity index (χ3v) is 20.9. The van der Waals surface area contributed by atoms with E-state index in [9.17, 15) is 0 Å². The molecule has 9 heteroatoms. The highest BCUT2D eigenvalue weighted by atomic mass is 15.0. The highest BCUT2D eigenvalue weighted by Crippen LogP contribution is 2.39. The largest absolute Gasteiger partial charge is 0.280 e. The molecule has 0 aliphatic carbocycles. The van der Waals surface area contributed by atoms with E-state index < -0.39 is 34.3 Å². The standard InChI is InChI=1S/3C24H30N2.C23H30N3/c1-15-9-10-21(25(7)13-15)23-17(3)11-18(4)24(20(23)6)22-12-16(2)19(5)14-26(22)8;2*1-15-9-10-25(7)21(11-15)23-17(3)12-18(4)24(20(23)6)22-13-16(2)19(5)14-26(22)8;1-15-9-10-20(24(6)13-15)22-17(3)11-18(4)23(26(22)8)21-12-16(2)19(5)14-25(21)7/h4*9-14H,1-8H3/q3*+2;+3/i3D3,5D3;1D3,3D3,5D3;;. The molecule has 12 rings (SSSR count). The molecule has 3 aromatic carbocycles. The lowest BCUT2D eigenvalue weighted by molar-refractivity contribution is -0.697. The van der Waals surface area contributed by atoms with Crippen molar-refractivity contribution in [3.05, 3.63) is 275 Å². The average molecular weight is 1400 g/mol. The summed E-state index contributed by atoms with van der Waals surface area (Å²) in [4.78, 5) is 0. The van der Waals surface area contributed by atoms with Crippen LogP contribution in [0, 0.1) is 159 Å². The summed E-state index contributed by atoms with van der Waals surface area (Å²) in [6, 6.07) is 32.1. The Morgan fingerprint density at radius 3 is 0.885 bits per heavy atom. The molecule has 0 bridgehead atoms. The highest BCUT2D eigenvalue weighted by molar-refractivity contribution is 5.81.